The molecule has 1 fully saturated rings. The number of carbonyl (C=O) groups excluding carboxylic acids is 1. The Labute approximate surface area is 184 Å². The van der Waals surface area contributed by atoms with Crippen molar-refractivity contribution in [2.24, 2.45) is 0 Å². The zero-order chi connectivity index (χ0) is 20.7. The Morgan fingerprint density at radius 1 is 1.20 bits per heavy atom. The first kappa shape index (κ1) is 19.5. The molecule has 2 heterocycles. The van der Waals surface area contributed by atoms with Crippen molar-refractivity contribution in [2.75, 3.05) is 0 Å². The SMILES string of the molecule is O=C(NCc1n[nH]c(=S)n1C1CC1)c1nn(-c2ccc(Cl)cc2)c2c1CCCCC2. The van der Waals surface area contributed by atoms with Crippen molar-refractivity contribution < 1.29 is 4.79 Å². The molecule has 0 bridgehead atoms. The summed E-state index contributed by atoms with van der Waals surface area (Å²) in [5, 5.41) is 15.6. The molecule has 9 heteroatoms. The van der Waals surface area contributed by atoms with Gasteiger partial charge in [0.25, 0.3) is 5.91 Å². The van der Waals surface area contributed by atoms with Crippen LogP contribution in [0.5, 0.6) is 0 Å². The maximum Gasteiger partial charge on any atom is 0.272 e. The minimum absolute atomic E-state index is 0.169. The number of rotatable bonds is 5. The molecule has 2 aliphatic carbocycles. The van der Waals surface area contributed by atoms with Crippen LogP contribution in [0.25, 0.3) is 5.69 Å². The van der Waals surface area contributed by atoms with Gasteiger partial charge >= 0.3 is 0 Å². The summed E-state index contributed by atoms with van der Waals surface area (Å²) in [6.45, 7) is 0.324. The fourth-order valence-corrected chi connectivity index (χ4v) is 4.59. The summed E-state index contributed by atoms with van der Waals surface area (Å²) in [6, 6.07) is 7.98. The second-order valence-electron chi connectivity index (χ2n) is 7.95. The van der Waals surface area contributed by atoms with E-state index in [1.54, 1.807) is 0 Å². The molecule has 0 saturated heterocycles. The van der Waals surface area contributed by atoms with E-state index in [4.69, 9.17) is 28.9 Å². The van der Waals surface area contributed by atoms with E-state index >= 15 is 0 Å². The van der Waals surface area contributed by atoms with Gasteiger partial charge in [0.2, 0.25) is 0 Å². The predicted octanol–water partition coefficient (Wildman–Crippen LogP) is 4.31. The van der Waals surface area contributed by atoms with Gasteiger partial charge in [0.15, 0.2) is 16.3 Å². The summed E-state index contributed by atoms with van der Waals surface area (Å²) < 4.78 is 4.54. The second kappa shape index (κ2) is 8.00. The smallest absolute Gasteiger partial charge is 0.272 e. The fourth-order valence-electron chi connectivity index (χ4n) is 4.17. The lowest BCUT2D eigenvalue weighted by molar-refractivity contribution is 0.0943. The topological polar surface area (TPSA) is 80.5 Å². The number of aromatic nitrogens is 5. The first-order valence-corrected chi connectivity index (χ1v) is 11.2. The highest BCUT2D eigenvalue weighted by atomic mass is 35.5. The molecule has 0 radical (unpaired) electrons. The van der Waals surface area contributed by atoms with Gasteiger partial charge in [-0.25, -0.2) is 4.68 Å². The number of fused-ring (bicyclic) bond motifs is 1. The highest BCUT2D eigenvalue weighted by Gasteiger charge is 2.28. The average molecular weight is 443 g/mol. The number of halogens is 1. The van der Waals surface area contributed by atoms with E-state index in [1.807, 2.05) is 33.5 Å². The quantitative estimate of drug-likeness (QED) is 0.455. The lowest BCUT2D eigenvalue weighted by Crippen LogP contribution is -2.26. The standard InChI is InChI=1S/C21H23ClN6OS/c22-13-6-8-15(9-7-13)28-17-5-3-1-2-4-16(17)19(26-28)20(29)23-12-18-24-25-21(30)27(18)14-10-11-14/h6-9,14H,1-5,10-12H2,(H,23,29)(H,25,30). The van der Waals surface area contributed by atoms with Crippen LogP contribution >= 0.6 is 23.8 Å². The van der Waals surface area contributed by atoms with Crippen molar-refractivity contribution in [3.8, 4) is 5.69 Å². The third-order valence-electron chi connectivity index (χ3n) is 5.81. The first-order chi connectivity index (χ1) is 14.6. The molecule has 1 aromatic carbocycles. The molecule has 7 nitrogen and oxygen atoms in total. The summed E-state index contributed by atoms with van der Waals surface area (Å²) in [5.41, 5.74) is 3.61. The Morgan fingerprint density at radius 3 is 2.73 bits per heavy atom. The summed E-state index contributed by atoms with van der Waals surface area (Å²) in [4.78, 5) is 13.1. The van der Waals surface area contributed by atoms with Crippen molar-refractivity contribution in [1.82, 2.24) is 29.9 Å². The van der Waals surface area contributed by atoms with Crippen LogP contribution in [-0.2, 0) is 19.4 Å². The van der Waals surface area contributed by atoms with E-state index in [0.717, 1.165) is 67.7 Å². The van der Waals surface area contributed by atoms with Gasteiger partial charge in [-0.05, 0) is 75.0 Å². The Hall–Kier alpha value is -2.45. The summed E-state index contributed by atoms with van der Waals surface area (Å²) in [6.07, 6.45) is 7.32. The Balaban J connectivity index is 1.44. The highest BCUT2D eigenvalue weighted by Crippen LogP contribution is 2.35. The number of hydrogen-bond donors (Lipinski definition) is 2. The zero-order valence-corrected chi connectivity index (χ0v) is 18.1. The van der Waals surface area contributed by atoms with E-state index in [0.29, 0.717) is 28.1 Å². The molecule has 2 aromatic heterocycles. The van der Waals surface area contributed by atoms with Crippen molar-refractivity contribution >= 4 is 29.7 Å². The van der Waals surface area contributed by atoms with Crippen LogP contribution in [0.3, 0.4) is 0 Å². The largest absolute Gasteiger partial charge is 0.343 e. The second-order valence-corrected chi connectivity index (χ2v) is 8.77. The maximum absolute atomic E-state index is 13.1. The molecule has 1 saturated carbocycles. The number of carbonyl (C=O) groups is 1. The minimum atomic E-state index is -0.169. The lowest BCUT2D eigenvalue weighted by Gasteiger charge is -2.07. The third kappa shape index (κ3) is 3.70. The van der Waals surface area contributed by atoms with Crippen LogP contribution in [0.1, 0.15) is 65.7 Å². The average Bonchev–Trinajstić information content (AvgIpc) is 3.48. The normalized spacial score (nSPS) is 16.2. The first-order valence-electron chi connectivity index (χ1n) is 10.4. The van der Waals surface area contributed by atoms with Crippen LogP contribution in [-0.4, -0.2) is 30.5 Å². The van der Waals surface area contributed by atoms with Crippen molar-refractivity contribution in [2.45, 2.75) is 57.5 Å². The van der Waals surface area contributed by atoms with E-state index in [9.17, 15) is 4.79 Å². The molecular formula is C21H23ClN6OS. The molecule has 2 N–H and O–H groups in total. The van der Waals surface area contributed by atoms with Crippen molar-refractivity contribution in [1.29, 1.82) is 0 Å². The van der Waals surface area contributed by atoms with Gasteiger partial charge < -0.3 is 5.32 Å². The number of aromatic amines is 1. The summed E-state index contributed by atoms with van der Waals surface area (Å²) in [5.74, 6) is 0.594. The van der Waals surface area contributed by atoms with Gasteiger partial charge in [-0.1, -0.05) is 18.0 Å². The molecule has 1 amide bonds. The third-order valence-corrected chi connectivity index (χ3v) is 6.35. The highest BCUT2D eigenvalue weighted by molar-refractivity contribution is 7.71. The molecule has 30 heavy (non-hydrogen) atoms. The summed E-state index contributed by atoms with van der Waals surface area (Å²) >= 11 is 11.4. The maximum atomic E-state index is 13.1. The van der Waals surface area contributed by atoms with Gasteiger partial charge in [0.05, 0.1) is 12.2 Å². The summed E-state index contributed by atoms with van der Waals surface area (Å²) in [7, 11) is 0. The monoisotopic (exact) mass is 442 g/mol. The minimum Gasteiger partial charge on any atom is -0.343 e. The van der Waals surface area contributed by atoms with Gasteiger partial charge in [0.1, 0.15) is 0 Å². The lowest BCUT2D eigenvalue weighted by atomic mass is 10.1. The fraction of sp³-hybridized carbons (Fsp3) is 0.429. The van der Waals surface area contributed by atoms with Crippen molar-refractivity contribution in [3.63, 3.8) is 0 Å². The molecule has 0 spiro atoms. The Bertz CT molecular complexity index is 1140. The molecule has 0 atom stereocenters. The van der Waals surface area contributed by atoms with E-state index in [1.165, 1.54) is 0 Å². The number of benzene rings is 1. The zero-order valence-electron chi connectivity index (χ0n) is 16.5. The molecule has 5 rings (SSSR count). The number of nitrogens with one attached hydrogen (secondary N) is 2. The molecule has 0 aliphatic heterocycles. The molecule has 0 unspecified atom stereocenters. The van der Waals surface area contributed by atoms with Gasteiger partial charge in [-0.3, -0.25) is 14.5 Å². The van der Waals surface area contributed by atoms with Crippen LogP contribution in [0.2, 0.25) is 5.02 Å². The Morgan fingerprint density at radius 2 is 1.97 bits per heavy atom. The molecule has 2 aliphatic rings. The molecule has 3 aromatic rings. The molecule has 156 valence electrons. The van der Waals surface area contributed by atoms with Gasteiger partial charge in [-0.15, -0.1) is 0 Å². The number of hydrogen-bond acceptors (Lipinski definition) is 4. The van der Waals surface area contributed by atoms with Gasteiger partial charge in [0, 0.05) is 22.3 Å². The number of nitrogens with zero attached hydrogens (tertiary/aromatic N) is 4. The Kier molecular flexibility index (Phi) is 5.20. The van der Waals surface area contributed by atoms with Crippen LogP contribution in [0.15, 0.2) is 24.3 Å². The van der Waals surface area contributed by atoms with Crippen molar-refractivity contribution in [3.05, 3.63) is 56.8 Å². The van der Waals surface area contributed by atoms with E-state index in [2.05, 4.69) is 15.5 Å². The molecular weight excluding hydrogens is 420 g/mol. The van der Waals surface area contributed by atoms with Crippen LogP contribution < -0.4 is 5.32 Å². The van der Waals surface area contributed by atoms with Crippen LogP contribution in [0.4, 0.5) is 0 Å². The number of amides is 1. The predicted molar refractivity (Wildman–Crippen MR) is 117 cm³/mol. The number of H-pyrrole nitrogens is 1. The van der Waals surface area contributed by atoms with Crippen LogP contribution in [0, 0.1) is 4.77 Å². The van der Waals surface area contributed by atoms with E-state index in [-0.39, 0.29) is 5.91 Å². The van der Waals surface area contributed by atoms with E-state index < -0.39 is 0 Å². The van der Waals surface area contributed by atoms with Gasteiger partial charge in [-0.2, -0.15) is 10.2 Å².